The number of hydrogen-bond acceptors (Lipinski definition) is 7. The first-order valence-corrected chi connectivity index (χ1v) is 9.55. The van der Waals surface area contributed by atoms with Crippen molar-refractivity contribution in [2.45, 2.75) is 32.1 Å². The average molecular weight is 400 g/mol. The van der Waals surface area contributed by atoms with Gasteiger partial charge in [-0.25, -0.2) is 0 Å². The lowest BCUT2D eigenvalue weighted by molar-refractivity contribution is -0.142. The highest BCUT2D eigenvalue weighted by molar-refractivity contribution is 5.66. The summed E-state index contributed by atoms with van der Waals surface area (Å²) in [6.45, 7) is 4.00. The second-order valence-corrected chi connectivity index (χ2v) is 7.56. The number of aromatic hydroxyl groups is 2. The van der Waals surface area contributed by atoms with E-state index in [2.05, 4.69) is 6.92 Å². The fraction of sp³-hybridized carbons (Fsp3) is 0.409. The minimum atomic E-state index is -0.311. The number of fused-ring (bicyclic) bond motifs is 2. The summed E-state index contributed by atoms with van der Waals surface area (Å²) >= 11 is 0. The van der Waals surface area contributed by atoms with Crippen molar-refractivity contribution in [3.05, 3.63) is 41.0 Å². The van der Waals surface area contributed by atoms with Gasteiger partial charge in [0.25, 0.3) is 0 Å². The van der Waals surface area contributed by atoms with Crippen LogP contribution < -0.4 is 14.2 Å². The Balaban J connectivity index is 1.81. The molecule has 0 aromatic heterocycles. The molecule has 1 unspecified atom stereocenters. The second kappa shape index (κ2) is 7.39. The molecule has 1 aliphatic heterocycles. The lowest BCUT2D eigenvalue weighted by Crippen LogP contribution is -2.27. The van der Waals surface area contributed by atoms with E-state index in [0.29, 0.717) is 24.5 Å². The van der Waals surface area contributed by atoms with Crippen LogP contribution in [0.2, 0.25) is 0 Å². The van der Waals surface area contributed by atoms with E-state index in [1.165, 1.54) is 14.0 Å². The van der Waals surface area contributed by atoms with Gasteiger partial charge in [-0.2, -0.15) is 0 Å². The van der Waals surface area contributed by atoms with Gasteiger partial charge in [0.1, 0.15) is 0 Å². The minimum absolute atomic E-state index is 0.0821. The summed E-state index contributed by atoms with van der Waals surface area (Å²) in [4.78, 5) is 11.4. The van der Waals surface area contributed by atoms with Gasteiger partial charge in [-0.1, -0.05) is 6.92 Å². The Kier molecular flexibility index (Phi) is 4.90. The van der Waals surface area contributed by atoms with Crippen LogP contribution in [-0.2, 0) is 9.53 Å². The quantitative estimate of drug-likeness (QED) is 0.597. The number of benzene rings is 2. The third-order valence-electron chi connectivity index (χ3n) is 5.89. The summed E-state index contributed by atoms with van der Waals surface area (Å²) in [6, 6.07) is 7.26. The highest BCUT2D eigenvalue weighted by Gasteiger charge is 2.36. The fourth-order valence-corrected chi connectivity index (χ4v) is 4.28. The third kappa shape index (κ3) is 3.41. The van der Waals surface area contributed by atoms with Gasteiger partial charge >= 0.3 is 5.97 Å². The number of rotatable bonds is 4. The molecule has 2 aliphatic rings. The Morgan fingerprint density at radius 1 is 1.14 bits per heavy atom. The minimum Gasteiger partial charge on any atom is -0.504 e. The highest BCUT2D eigenvalue weighted by atomic mass is 16.7. The number of esters is 1. The van der Waals surface area contributed by atoms with Crippen LogP contribution in [0.4, 0.5) is 0 Å². The van der Waals surface area contributed by atoms with Crippen molar-refractivity contribution in [2.24, 2.45) is 5.92 Å². The van der Waals surface area contributed by atoms with E-state index in [0.717, 1.165) is 16.7 Å². The predicted octanol–water partition coefficient (Wildman–Crippen LogP) is 3.65. The molecule has 1 aliphatic carbocycles. The first-order valence-electron chi connectivity index (χ1n) is 9.55. The molecule has 7 nitrogen and oxygen atoms in total. The van der Waals surface area contributed by atoms with Crippen molar-refractivity contribution in [2.75, 3.05) is 20.5 Å². The van der Waals surface area contributed by atoms with Crippen LogP contribution >= 0.6 is 0 Å². The van der Waals surface area contributed by atoms with Crippen molar-refractivity contribution < 1.29 is 34.0 Å². The molecular weight excluding hydrogens is 376 g/mol. The number of methoxy groups -OCH3 is 1. The second-order valence-electron chi connectivity index (χ2n) is 7.56. The van der Waals surface area contributed by atoms with Crippen LogP contribution in [0.1, 0.15) is 48.8 Å². The summed E-state index contributed by atoms with van der Waals surface area (Å²) in [5.41, 5.74) is 2.96. The van der Waals surface area contributed by atoms with Gasteiger partial charge in [0.05, 0.1) is 13.7 Å². The topological polar surface area (TPSA) is 94.5 Å². The zero-order chi connectivity index (χ0) is 20.7. The monoisotopic (exact) mass is 400 g/mol. The van der Waals surface area contributed by atoms with Gasteiger partial charge < -0.3 is 29.2 Å². The summed E-state index contributed by atoms with van der Waals surface area (Å²) in [6.07, 6.45) is 0.703. The van der Waals surface area contributed by atoms with E-state index in [9.17, 15) is 15.0 Å². The number of carbonyl (C=O) groups is 1. The maximum atomic E-state index is 11.4. The summed E-state index contributed by atoms with van der Waals surface area (Å²) in [5, 5.41) is 20.2. The molecule has 154 valence electrons. The maximum Gasteiger partial charge on any atom is 0.302 e. The molecule has 0 saturated heterocycles. The molecule has 0 amide bonds. The van der Waals surface area contributed by atoms with E-state index in [1.54, 1.807) is 12.1 Å². The maximum absolute atomic E-state index is 11.4. The average Bonchev–Trinajstić information content (AvgIpc) is 3.15. The van der Waals surface area contributed by atoms with Crippen molar-refractivity contribution >= 4 is 5.97 Å². The number of ether oxygens (including phenoxy) is 4. The van der Waals surface area contributed by atoms with Crippen LogP contribution in [0.15, 0.2) is 24.3 Å². The van der Waals surface area contributed by atoms with Gasteiger partial charge in [-0.15, -0.1) is 0 Å². The number of phenolic OH excluding ortho intramolecular Hbond substituents is 2. The van der Waals surface area contributed by atoms with Gasteiger partial charge in [0, 0.05) is 18.8 Å². The SMILES string of the molecule is COc1cc([C@H]2C[C@H](COC(C)=O)C(C)c3cc4c(cc32)OCO4)cc(O)c1O. The smallest absolute Gasteiger partial charge is 0.302 e. The zero-order valence-corrected chi connectivity index (χ0v) is 16.6. The normalized spacial score (nSPS) is 22.1. The highest BCUT2D eigenvalue weighted by Crippen LogP contribution is 2.51. The van der Waals surface area contributed by atoms with E-state index in [1.807, 2.05) is 12.1 Å². The Morgan fingerprint density at radius 3 is 2.48 bits per heavy atom. The third-order valence-corrected chi connectivity index (χ3v) is 5.89. The molecule has 0 bridgehead atoms. The molecule has 2 aromatic rings. The molecule has 2 N–H and O–H groups in total. The summed E-state index contributed by atoms with van der Waals surface area (Å²) < 4.78 is 21.7. The Hall–Kier alpha value is -3.09. The van der Waals surface area contributed by atoms with Gasteiger partial charge in [0.15, 0.2) is 23.0 Å². The van der Waals surface area contributed by atoms with Gasteiger partial charge in [-0.05, 0) is 53.3 Å². The molecule has 3 atom stereocenters. The molecule has 29 heavy (non-hydrogen) atoms. The van der Waals surface area contributed by atoms with Gasteiger partial charge in [0.2, 0.25) is 12.5 Å². The molecule has 2 aromatic carbocycles. The summed E-state index contributed by atoms with van der Waals surface area (Å²) in [7, 11) is 1.44. The lowest BCUT2D eigenvalue weighted by atomic mass is 9.69. The van der Waals surface area contributed by atoms with Crippen LogP contribution in [0, 0.1) is 5.92 Å². The Labute approximate surface area is 168 Å². The van der Waals surface area contributed by atoms with E-state index in [-0.39, 0.29) is 47.8 Å². The molecule has 0 fully saturated rings. The van der Waals surface area contributed by atoms with E-state index >= 15 is 0 Å². The largest absolute Gasteiger partial charge is 0.504 e. The molecule has 7 heteroatoms. The number of carbonyl (C=O) groups excluding carboxylic acids is 1. The Morgan fingerprint density at radius 2 is 1.83 bits per heavy atom. The lowest BCUT2D eigenvalue weighted by Gasteiger charge is -2.36. The van der Waals surface area contributed by atoms with Crippen LogP contribution in [-0.4, -0.2) is 36.7 Å². The molecule has 4 rings (SSSR count). The van der Waals surface area contributed by atoms with E-state index < -0.39 is 0 Å². The van der Waals surface area contributed by atoms with E-state index in [4.69, 9.17) is 18.9 Å². The van der Waals surface area contributed by atoms with Crippen LogP contribution in [0.25, 0.3) is 0 Å². The molecule has 0 radical (unpaired) electrons. The summed E-state index contributed by atoms with van der Waals surface area (Å²) in [5.74, 6) is 0.882. The van der Waals surface area contributed by atoms with Crippen molar-refractivity contribution in [1.29, 1.82) is 0 Å². The van der Waals surface area contributed by atoms with Crippen molar-refractivity contribution in [1.82, 2.24) is 0 Å². The van der Waals surface area contributed by atoms with Crippen molar-refractivity contribution in [3.63, 3.8) is 0 Å². The van der Waals surface area contributed by atoms with Gasteiger partial charge in [-0.3, -0.25) is 4.79 Å². The zero-order valence-electron chi connectivity index (χ0n) is 16.6. The standard InChI is InChI=1S/C22H24O7/c1-11-14(9-27-12(2)23)4-16(13-5-18(24)22(25)21(6-13)26-3)17-8-20-19(7-15(11)17)28-10-29-20/h5-8,11,14,16,24-25H,4,9-10H2,1-3H3/t11?,14-,16-/m1/s1. The number of phenols is 2. The predicted molar refractivity (Wildman–Crippen MR) is 104 cm³/mol. The molecule has 0 spiro atoms. The van der Waals surface area contributed by atoms with Crippen LogP contribution in [0.3, 0.4) is 0 Å². The molecule has 1 heterocycles. The first kappa shape index (κ1) is 19.2. The van der Waals surface area contributed by atoms with Crippen molar-refractivity contribution in [3.8, 4) is 28.7 Å². The van der Waals surface area contributed by atoms with Crippen LogP contribution in [0.5, 0.6) is 28.7 Å². The molecular formula is C22H24O7. The molecule has 0 saturated carbocycles. The number of hydrogen-bond donors (Lipinski definition) is 2. The first-order chi connectivity index (χ1) is 13.9. The fourth-order valence-electron chi connectivity index (χ4n) is 4.28. The Bertz CT molecular complexity index is 953.